The summed E-state index contributed by atoms with van der Waals surface area (Å²) in [7, 11) is 1.81. The molecule has 3 aliphatic heterocycles. The Morgan fingerprint density at radius 1 is 1.16 bits per heavy atom. The largest absolute Gasteiger partial charge is 0.379 e. The van der Waals surface area contributed by atoms with Crippen LogP contribution in [0.2, 0.25) is 0 Å². The second-order valence-electron chi connectivity index (χ2n) is 8.05. The molecule has 3 fully saturated rings. The van der Waals surface area contributed by atoms with Crippen molar-refractivity contribution in [3.05, 3.63) is 35.6 Å². The van der Waals surface area contributed by atoms with E-state index in [1.165, 1.54) is 6.07 Å². The maximum absolute atomic E-state index is 13.9. The van der Waals surface area contributed by atoms with Crippen LogP contribution in [0.15, 0.2) is 29.3 Å². The highest BCUT2D eigenvalue weighted by Gasteiger charge is 2.32. The van der Waals surface area contributed by atoms with Crippen LogP contribution in [0.1, 0.15) is 24.4 Å². The summed E-state index contributed by atoms with van der Waals surface area (Å²) in [6.07, 6.45) is 2.42. The van der Waals surface area contributed by atoms with Crippen molar-refractivity contribution in [2.75, 3.05) is 66.2 Å². The van der Waals surface area contributed by atoms with E-state index in [4.69, 9.17) is 14.2 Å². The summed E-state index contributed by atoms with van der Waals surface area (Å²) in [5, 5.41) is 3.54. The van der Waals surface area contributed by atoms with E-state index in [1.807, 2.05) is 13.1 Å². The average molecular weight is 548 g/mol. The van der Waals surface area contributed by atoms with Gasteiger partial charge in [-0.05, 0) is 30.5 Å². The van der Waals surface area contributed by atoms with E-state index in [1.54, 1.807) is 12.1 Å². The topological polar surface area (TPSA) is 58.6 Å². The van der Waals surface area contributed by atoms with Crippen molar-refractivity contribution in [1.29, 1.82) is 0 Å². The van der Waals surface area contributed by atoms with Gasteiger partial charge in [0.25, 0.3) is 0 Å². The number of hydrogen-bond donors (Lipinski definition) is 1. The lowest BCUT2D eigenvalue weighted by Gasteiger charge is -2.39. The normalized spacial score (nSPS) is 26.4. The van der Waals surface area contributed by atoms with Crippen LogP contribution < -0.4 is 5.32 Å². The lowest BCUT2D eigenvalue weighted by atomic mass is 10.0. The quantitative estimate of drug-likeness (QED) is 0.347. The lowest BCUT2D eigenvalue weighted by molar-refractivity contribution is -0.0817. The Hall–Kier alpha value is -1.01. The number of rotatable bonds is 5. The fourth-order valence-electron chi connectivity index (χ4n) is 4.57. The molecule has 0 bridgehead atoms. The fourth-order valence-corrected chi connectivity index (χ4v) is 4.57. The summed E-state index contributed by atoms with van der Waals surface area (Å²) in [4.78, 5) is 9.12. The van der Waals surface area contributed by atoms with Crippen LogP contribution in [0, 0.1) is 5.82 Å². The van der Waals surface area contributed by atoms with Crippen molar-refractivity contribution >= 4 is 29.9 Å². The predicted octanol–water partition coefficient (Wildman–Crippen LogP) is 2.27. The van der Waals surface area contributed by atoms with Crippen LogP contribution in [0.3, 0.4) is 0 Å². The lowest BCUT2D eigenvalue weighted by Crippen LogP contribution is -2.54. The molecule has 3 aliphatic rings. The molecule has 0 saturated carbocycles. The van der Waals surface area contributed by atoms with Crippen LogP contribution in [-0.4, -0.2) is 94.2 Å². The number of aliphatic imine (C=N–C) groups is 1. The summed E-state index contributed by atoms with van der Waals surface area (Å²) >= 11 is 0. The van der Waals surface area contributed by atoms with E-state index in [-0.39, 0.29) is 48.0 Å². The average Bonchev–Trinajstić information content (AvgIpc) is 3.33. The molecule has 1 N–H and O–H groups in total. The van der Waals surface area contributed by atoms with Crippen molar-refractivity contribution in [2.45, 2.75) is 31.1 Å². The molecular weight excluding hydrogens is 514 g/mol. The van der Waals surface area contributed by atoms with Gasteiger partial charge in [-0.1, -0.05) is 12.1 Å². The summed E-state index contributed by atoms with van der Waals surface area (Å²) in [5.41, 5.74) is 0.971. The van der Waals surface area contributed by atoms with Gasteiger partial charge in [0.05, 0.1) is 32.0 Å². The fraction of sp³-hybridized carbons (Fsp3) is 0.682. The van der Waals surface area contributed by atoms with E-state index in [0.29, 0.717) is 26.4 Å². The van der Waals surface area contributed by atoms with Gasteiger partial charge in [0.2, 0.25) is 0 Å². The second-order valence-corrected chi connectivity index (χ2v) is 8.05. The number of morpholine rings is 2. The van der Waals surface area contributed by atoms with E-state index < -0.39 is 0 Å². The Labute approximate surface area is 201 Å². The Morgan fingerprint density at radius 3 is 2.68 bits per heavy atom. The van der Waals surface area contributed by atoms with Crippen LogP contribution in [0.25, 0.3) is 0 Å². The van der Waals surface area contributed by atoms with Gasteiger partial charge in [0.1, 0.15) is 11.9 Å². The molecule has 0 aliphatic carbocycles. The van der Waals surface area contributed by atoms with E-state index >= 15 is 0 Å². The van der Waals surface area contributed by atoms with Gasteiger partial charge in [0.15, 0.2) is 5.96 Å². The van der Waals surface area contributed by atoms with Crippen LogP contribution >= 0.6 is 24.0 Å². The highest BCUT2D eigenvalue weighted by Crippen LogP contribution is 2.23. The summed E-state index contributed by atoms with van der Waals surface area (Å²) in [5.74, 6) is 0.652. The molecule has 3 atom stereocenters. The molecule has 3 heterocycles. The van der Waals surface area contributed by atoms with Crippen molar-refractivity contribution in [1.82, 2.24) is 15.1 Å². The van der Waals surface area contributed by atoms with Crippen LogP contribution in [-0.2, 0) is 14.2 Å². The highest BCUT2D eigenvalue weighted by molar-refractivity contribution is 14.0. The minimum atomic E-state index is -0.206. The summed E-state index contributed by atoms with van der Waals surface area (Å²) in [6, 6.07) is 6.95. The summed E-state index contributed by atoms with van der Waals surface area (Å²) in [6.45, 7) is 6.78. The molecule has 9 heteroatoms. The Balaban J connectivity index is 0.00000272. The maximum Gasteiger partial charge on any atom is 0.193 e. The standard InChI is InChI=1S/C22H33FN4O3.HI/c1-24-22(27-9-13-30-21(16-27)20-6-3-10-29-20)25-15-19(26-7-11-28-12-8-26)17-4-2-5-18(23)14-17;/h2,4-5,14,19-21H,3,6-13,15-16H2,1H3,(H,24,25);1H. The van der Waals surface area contributed by atoms with Gasteiger partial charge in [-0.2, -0.15) is 0 Å². The number of halogens is 2. The Morgan fingerprint density at radius 2 is 1.97 bits per heavy atom. The molecule has 0 amide bonds. The van der Waals surface area contributed by atoms with Crippen molar-refractivity contribution < 1.29 is 18.6 Å². The molecule has 1 aromatic rings. The molecule has 0 aromatic heterocycles. The van der Waals surface area contributed by atoms with Gasteiger partial charge in [-0.3, -0.25) is 9.89 Å². The molecule has 3 unspecified atom stereocenters. The maximum atomic E-state index is 13.9. The monoisotopic (exact) mass is 548 g/mol. The Kier molecular flexibility index (Phi) is 9.76. The van der Waals surface area contributed by atoms with E-state index in [9.17, 15) is 4.39 Å². The molecule has 4 rings (SSSR count). The number of nitrogens with one attached hydrogen (secondary N) is 1. The van der Waals surface area contributed by atoms with Gasteiger partial charge in [-0.15, -0.1) is 24.0 Å². The highest BCUT2D eigenvalue weighted by atomic mass is 127. The first-order valence-electron chi connectivity index (χ1n) is 11.0. The number of guanidine groups is 1. The zero-order valence-corrected chi connectivity index (χ0v) is 20.5. The molecule has 0 spiro atoms. The summed E-state index contributed by atoms with van der Waals surface area (Å²) < 4.78 is 31.2. The van der Waals surface area contributed by atoms with Crippen LogP contribution in [0.4, 0.5) is 4.39 Å². The van der Waals surface area contributed by atoms with Crippen molar-refractivity contribution in [3.8, 4) is 0 Å². The van der Waals surface area contributed by atoms with E-state index in [2.05, 4.69) is 20.1 Å². The Bertz CT molecular complexity index is 714. The third kappa shape index (κ3) is 6.50. The molecular formula is C22H34FIN4O3. The molecule has 1 aromatic carbocycles. The molecule has 31 heavy (non-hydrogen) atoms. The zero-order chi connectivity index (χ0) is 20.8. The number of nitrogens with zero attached hydrogens (tertiary/aromatic N) is 3. The third-order valence-corrected chi connectivity index (χ3v) is 6.16. The van der Waals surface area contributed by atoms with Gasteiger partial charge in [-0.25, -0.2) is 4.39 Å². The minimum Gasteiger partial charge on any atom is -0.379 e. The zero-order valence-electron chi connectivity index (χ0n) is 18.2. The smallest absolute Gasteiger partial charge is 0.193 e. The third-order valence-electron chi connectivity index (χ3n) is 6.16. The minimum absolute atomic E-state index is 0. The first kappa shape index (κ1) is 24.6. The van der Waals surface area contributed by atoms with Gasteiger partial charge < -0.3 is 24.4 Å². The van der Waals surface area contributed by atoms with Gasteiger partial charge in [0, 0.05) is 46.4 Å². The molecule has 3 saturated heterocycles. The van der Waals surface area contributed by atoms with Crippen molar-refractivity contribution in [2.24, 2.45) is 4.99 Å². The van der Waals surface area contributed by atoms with Crippen molar-refractivity contribution in [3.63, 3.8) is 0 Å². The number of hydrogen-bond acceptors (Lipinski definition) is 5. The first-order valence-corrected chi connectivity index (χ1v) is 11.0. The number of benzene rings is 1. The molecule has 174 valence electrons. The van der Waals surface area contributed by atoms with Gasteiger partial charge >= 0.3 is 0 Å². The first-order chi connectivity index (χ1) is 14.7. The molecule has 0 radical (unpaired) electrons. The second kappa shape index (κ2) is 12.3. The SMILES string of the molecule is CN=C(NCC(c1cccc(F)c1)N1CCOCC1)N1CCOC(C2CCCO2)C1.I. The number of ether oxygens (including phenoxy) is 3. The predicted molar refractivity (Wildman–Crippen MR) is 129 cm³/mol. The van der Waals surface area contributed by atoms with Crippen LogP contribution in [0.5, 0.6) is 0 Å². The molecule has 7 nitrogen and oxygen atoms in total. The van der Waals surface area contributed by atoms with E-state index in [0.717, 1.165) is 57.2 Å².